The summed E-state index contributed by atoms with van der Waals surface area (Å²) in [7, 11) is 0. The molecule has 0 aliphatic rings. The van der Waals surface area contributed by atoms with Crippen molar-refractivity contribution in [2.75, 3.05) is 0 Å². The van der Waals surface area contributed by atoms with E-state index in [1.54, 1.807) is 24.5 Å². The number of aromatic nitrogens is 1. The third-order valence-electron chi connectivity index (χ3n) is 2.86. The van der Waals surface area contributed by atoms with Crippen LogP contribution in [0.2, 0.25) is 0 Å². The van der Waals surface area contributed by atoms with Crippen LogP contribution in [0.15, 0.2) is 42.7 Å². The van der Waals surface area contributed by atoms with E-state index >= 15 is 0 Å². The predicted octanol–water partition coefficient (Wildman–Crippen LogP) is 2.34. The van der Waals surface area contributed by atoms with Gasteiger partial charge in [-0.3, -0.25) is 4.98 Å². The van der Waals surface area contributed by atoms with Crippen LogP contribution in [0.4, 0.5) is 0 Å². The highest BCUT2D eigenvalue weighted by Crippen LogP contribution is 2.25. The van der Waals surface area contributed by atoms with E-state index in [-0.39, 0.29) is 17.5 Å². The maximum Gasteiger partial charge on any atom is 0.157 e. The number of pyridine rings is 1. The Morgan fingerprint density at radius 3 is 2.50 bits per heavy atom. The number of aromatic hydroxyl groups is 2. The molecule has 3 N–H and O–H groups in total. The van der Waals surface area contributed by atoms with Gasteiger partial charge in [0.2, 0.25) is 0 Å². The first-order chi connectivity index (χ1) is 8.66. The second-order valence-corrected chi connectivity index (χ2v) is 4.21. The van der Waals surface area contributed by atoms with E-state index in [1.807, 2.05) is 12.1 Å². The molecule has 1 atom stereocenters. The molecule has 1 unspecified atom stereocenters. The van der Waals surface area contributed by atoms with Crippen molar-refractivity contribution in [3.05, 3.63) is 53.9 Å². The molecule has 2 aromatic rings. The fraction of sp³-hybridized carbons (Fsp3) is 0.214. The van der Waals surface area contributed by atoms with Crippen LogP contribution in [0.5, 0.6) is 11.5 Å². The fourth-order valence-corrected chi connectivity index (χ4v) is 1.72. The second-order valence-electron chi connectivity index (χ2n) is 4.21. The number of hydrogen-bond donors (Lipinski definition) is 3. The van der Waals surface area contributed by atoms with E-state index in [1.165, 1.54) is 6.07 Å². The molecule has 2 rings (SSSR count). The lowest BCUT2D eigenvalue weighted by Gasteiger charge is -2.14. The van der Waals surface area contributed by atoms with Crippen molar-refractivity contribution in [3.63, 3.8) is 0 Å². The lowest BCUT2D eigenvalue weighted by atomic mass is 10.1. The van der Waals surface area contributed by atoms with E-state index in [4.69, 9.17) is 0 Å². The molecule has 1 aromatic carbocycles. The summed E-state index contributed by atoms with van der Waals surface area (Å²) in [4.78, 5) is 3.98. The number of phenols is 2. The summed E-state index contributed by atoms with van der Waals surface area (Å²) in [6.45, 7) is 2.69. The van der Waals surface area contributed by atoms with Crippen LogP contribution in [0.25, 0.3) is 0 Å². The Bertz CT molecular complexity index is 514. The minimum absolute atomic E-state index is 0.0918. The Morgan fingerprint density at radius 1 is 1.11 bits per heavy atom. The van der Waals surface area contributed by atoms with Crippen LogP contribution in [-0.4, -0.2) is 15.2 Å². The van der Waals surface area contributed by atoms with E-state index in [0.29, 0.717) is 6.54 Å². The molecule has 1 heterocycles. The number of rotatable bonds is 4. The maximum atomic E-state index is 9.40. The van der Waals surface area contributed by atoms with E-state index in [2.05, 4.69) is 17.2 Å². The first-order valence-corrected chi connectivity index (χ1v) is 5.81. The molecule has 0 fully saturated rings. The summed E-state index contributed by atoms with van der Waals surface area (Å²) < 4.78 is 0. The molecule has 18 heavy (non-hydrogen) atoms. The number of benzene rings is 1. The monoisotopic (exact) mass is 244 g/mol. The molecular weight excluding hydrogens is 228 g/mol. The average Bonchev–Trinajstić information content (AvgIpc) is 2.41. The van der Waals surface area contributed by atoms with Crippen molar-refractivity contribution in [2.24, 2.45) is 0 Å². The Balaban J connectivity index is 1.97. The average molecular weight is 244 g/mol. The van der Waals surface area contributed by atoms with Crippen LogP contribution in [0, 0.1) is 0 Å². The van der Waals surface area contributed by atoms with Gasteiger partial charge in [0, 0.05) is 25.0 Å². The van der Waals surface area contributed by atoms with Gasteiger partial charge in [-0.1, -0.05) is 6.07 Å². The summed E-state index contributed by atoms with van der Waals surface area (Å²) in [5.74, 6) is -0.188. The normalized spacial score (nSPS) is 12.3. The quantitative estimate of drug-likeness (QED) is 0.722. The summed E-state index contributed by atoms with van der Waals surface area (Å²) in [6, 6.07) is 8.95. The van der Waals surface area contributed by atoms with Crippen molar-refractivity contribution in [1.82, 2.24) is 10.3 Å². The standard InChI is InChI=1S/C14H16N2O2/c1-10(12-4-6-15-7-5-12)16-9-11-2-3-13(17)14(18)8-11/h2-8,10,16-18H,9H2,1H3. The molecule has 0 saturated heterocycles. The smallest absolute Gasteiger partial charge is 0.157 e. The highest BCUT2D eigenvalue weighted by atomic mass is 16.3. The second kappa shape index (κ2) is 5.51. The summed E-state index contributed by atoms with van der Waals surface area (Å²) >= 11 is 0. The third-order valence-corrected chi connectivity index (χ3v) is 2.86. The van der Waals surface area contributed by atoms with Gasteiger partial charge in [0.25, 0.3) is 0 Å². The molecule has 0 aliphatic heterocycles. The summed E-state index contributed by atoms with van der Waals surface area (Å²) in [6.07, 6.45) is 3.53. The molecule has 0 saturated carbocycles. The van der Waals surface area contributed by atoms with Gasteiger partial charge >= 0.3 is 0 Å². The summed E-state index contributed by atoms with van der Waals surface area (Å²) in [5.41, 5.74) is 2.08. The van der Waals surface area contributed by atoms with Crippen molar-refractivity contribution in [3.8, 4) is 11.5 Å². The van der Waals surface area contributed by atoms with Crippen LogP contribution >= 0.6 is 0 Å². The number of phenolic OH excluding ortho intramolecular Hbond substituents is 2. The Kier molecular flexibility index (Phi) is 3.79. The van der Waals surface area contributed by atoms with Crippen molar-refractivity contribution in [2.45, 2.75) is 19.5 Å². The van der Waals surface area contributed by atoms with E-state index in [0.717, 1.165) is 11.1 Å². The number of hydrogen-bond acceptors (Lipinski definition) is 4. The largest absolute Gasteiger partial charge is 0.504 e. The minimum atomic E-state index is -0.0964. The van der Waals surface area contributed by atoms with Crippen LogP contribution < -0.4 is 5.32 Å². The molecule has 94 valence electrons. The first-order valence-electron chi connectivity index (χ1n) is 5.81. The lowest BCUT2D eigenvalue weighted by molar-refractivity contribution is 0.402. The van der Waals surface area contributed by atoms with Gasteiger partial charge in [-0.05, 0) is 42.3 Å². The Morgan fingerprint density at radius 2 is 1.83 bits per heavy atom. The minimum Gasteiger partial charge on any atom is -0.504 e. The molecular formula is C14H16N2O2. The highest BCUT2D eigenvalue weighted by molar-refractivity contribution is 5.40. The predicted molar refractivity (Wildman–Crippen MR) is 69.3 cm³/mol. The highest BCUT2D eigenvalue weighted by Gasteiger charge is 2.05. The van der Waals surface area contributed by atoms with Gasteiger partial charge in [0.15, 0.2) is 11.5 Å². The number of nitrogens with zero attached hydrogens (tertiary/aromatic N) is 1. The molecule has 0 amide bonds. The third kappa shape index (κ3) is 2.99. The van der Waals surface area contributed by atoms with Crippen LogP contribution in [-0.2, 0) is 6.54 Å². The molecule has 0 bridgehead atoms. The first kappa shape index (κ1) is 12.4. The molecule has 4 heteroatoms. The van der Waals surface area contributed by atoms with Crippen molar-refractivity contribution in [1.29, 1.82) is 0 Å². The van der Waals surface area contributed by atoms with Crippen LogP contribution in [0.1, 0.15) is 24.1 Å². The zero-order valence-electron chi connectivity index (χ0n) is 10.2. The molecule has 0 aliphatic carbocycles. The fourth-order valence-electron chi connectivity index (χ4n) is 1.72. The topological polar surface area (TPSA) is 65.4 Å². The maximum absolute atomic E-state index is 9.40. The van der Waals surface area contributed by atoms with E-state index < -0.39 is 0 Å². The molecule has 1 aromatic heterocycles. The van der Waals surface area contributed by atoms with Gasteiger partial charge < -0.3 is 15.5 Å². The zero-order chi connectivity index (χ0) is 13.0. The van der Waals surface area contributed by atoms with Gasteiger partial charge in [-0.15, -0.1) is 0 Å². The zero-order valence-corrected chi connectivity index (χ0v) is 10.2. The summed E-state index contributed by atoms with van der Waals surface area (Å²) in [5, 5.41) is 22.0. The van der Waals surface area contributed by atoms with Crippen molar-refractivity contribution >= 4 is 0 Å². The number of nitrogens with one attached hydrogen (secondary N) is 1. The lowest BCUT2D eigenvalue weighted by Crippen LogP contribution is -2.17. The Labute approximate surface area is 106 Å². The van der Waals surface area contributed by atoms with Gasteiger partial charge in [-0.2, -0.15) is 0 Å². The molecule has 0 radical (unpaired) electrons. The van der Waals surface area contributed by atoms with Gasteiger partial charge in [0.05, 0.1) is 0 Å². The van der Waals surface area contributed by atoms with Gasteiger partial charge in [0.1, 0.15) is 0 Å². The SMILES string of the molecule is CC(NCc1ccc(O)c(O)c1)c1ccncc1. The Hall–Kier alpha value is -2.07. The van der Waals surface area contributed by atoms with E-state index in [9.17, 15) is 10.2 Å². The molecule has 4 nitrogen and oxygen atoms in total. The van der Waals surface area contributed by atoms with Gasteiger partial charge in [-0.25, -0.2) is 0 Å². The van der Waals surface area contributed by atoms with Crippen molar-refractivity contribution < 1.29 is 10.2 Å². The molecule has 0 spiro atoms. The van der Waals surface area contributed by atoms with Crippen LogP contribution in [0.3, 0.4) is 0 Å².